The quantitative estimate of drug-likeness (QED) is 0.402. The Bertz CT molecular complexity index is 588. The molecule has 0 unspecified atom stereocenters. The number of carbonyl (C=O) groups excluding carboxylic acids is 2. The molecule has 0 aromatic rings. The van der Waals surface area contributed by atoms with Crippen molar-refractivity contribution < 1.29 is 19.5 Å². The van der Waals surface area contributed by atoms with E-state index in [0.717, 1.165) is 38.5 Å². The van der Waals surface area contributed by atoms with Gasteiger partial charge in [-0.2, -0.15) is 0 Å². The van der Waals surface area contributed by atoms with E-state index in [1.807, 2.05) is 4.90 Å². The van der Waals surface area contributed by atoms with Gasteiger partial charge in [0.25, 0.3) is 0 Å². The SMILES string of the molecule is NCCCC[C@H](NC(=O)N[C@H](CC1CCCCC1)C(=O)N1C2CCC1CC2)C(=O)O. The molecule has 2 atom stereocenters. The number of carbonyl (C=O) groups is 3. The highest BCUT2D eigenvalue weighted by Crippen LogP contribution is 2.38. The average molecular weight is 423 g/mol. The first-order chi connectivity index (χ1) is 14.5. The fourth-order valence-corrected chi connectivity index (χ4v) is 5.54. The average Bonchev–Trinajstić information content (AvgIpc) is 3.33. The van der Waals surface area contributed by atoms with Gasteiger partial charge in [0, 0.05) is 12.1 Å². The second-order valence-corrected chi connectivity index (χ2v) is 9.29. The van der Waals surface area contributed by atoms with Crippen LogP contribution in [0.2, 0.25) is 0 Å². The Morgan fingerprint density at radius 3 is 2.07 bits per heavy atom. The number of fused-ring (bicyclic) bond motifs is 2. The Morgan fingerprint density at radius 1 is 0.900 bits per heavy atom. The first-order valence-corrected chi connectivity index (χ1v) is 11.8. The Kier molecular flexibility index (Phi) is 8.36. The van der Waals surface area contributed by atoms with Crippen LogP contribution in [0.3, 0.4) is 0 Å². The molecule has 3 amide bonds. The van der Waals surface area contributed by atoms with Gasteiger partial charge in [-0.15, -0.1) is 0 Å². The summed E-state index contributed by atoms with van der Waals surface area (Å²) in [6, 6.07) is -1.48. The van der Waals surface area contributed by atoms with E-state index in [1.54, 1.807) is 0 Å². The van der Waals surface area contributed by atoms with Crippen LogP contribution in [0.4, 0.5) is 4.79 Å². The molecule has 3 rings (SSSR count). The second kappa shape index (κ2) is 11.0. The molecule has 1 saturated carbocycles. The van der Waals surface area contributed by atoms with E-state index < -0.39 is 24.1 Å². The van der Waals surface area contributed by atoms with Crippen molar-refractivity contribution in [2.24, 2.45) is 11.7 Å². The zero-order valence-corrected chi connectivity index (χ0v) is 18.0. The van der Waals surface area contributed by atoms with E-state index in [-0.39, 0.29) is 5.91 Å². The standard InChI is InChI=1S/C22H38N4O4/c23-13-5-4-8-18(21(28)29)24-22(30)25-19(14-15-6-2-1-3-7-15)20(27)26-16-9-10-17(26)12-11-16/h15-19H,1-14,23H2,(H,28,29)(H2,24,25,30)/t16?,17?,18-,19+/m0/s1. The Morgan fingerprint density at radius 2 is 1.50 bits per heavy atom. The van der Waals surface area contributed by atoms with Gasteiger partial charge >= 0.3 is 12.0 Å². The summed E-state index contributed by atoms with van der Waals surface area (Å²) in [6.07, 6.45) is 12.3. The number of nitrogens with zero attached hydrogens (tertiary/aromatic N) is 1. The summed E-state index contributed by atoms with van der Waals surface area (Å²) >= 11 is 0. The minimum Gasteiger partial charge on any atom is -0.480 e. The predicted molar refractivity (Wildman–Crippen MR) is 114 cm³/mol. The molecule has 0 spiro atoms. The first kappa shape index (κ1) is 22.8. The molecular formula is C22H38N4O4. The monoisotopic (exact) mass is 422 g/mol. The van der Waals surface area contributed by atoms with E-state index in [4.69, 9.17) is 5.73 Å². The van der Waals surface area contributed by atoms with E-state index in [1.165, 1.54) is 19.3 Å². The third kappa shape index (κ3) is 5.86. The Balaban J connectivity index is 1.62. The summed E-state index contributed by atoms with van der Waals surface area (Å²) in [5.74, 6) is -0.598. The predicted octanol–water partition coefficient (Wildman–Crippen LogP) is 2.36. The van der Waals surface area contributed by atoms with Gasteiger partial charge in [0.1, 0.15) is 12.1 Å². The summed E-state index contributed by atoms with van der Waals surface area (Å²) in [5.41, 5.74) is 5.48. The molecule has 2 saturated heterocycles. The van der Waals surface area contributed by atoms with Gasteiger partial charge in [-0.1, -0.05) is 32.1 Å². The second-order valence-electron chi connectivity index (χ2n) is 9.29. The molecule has 3 aliphatic rings. The molecule has 2 aliphatic heterocycles. The van der Waals surface area contributed by atoms with Gasteiger partial charge in [0.05, 0.1) is 0 Å². The lowest BCUT2D eigenvalue weighted by atomic mass is 9.84. The molecule has 1 aliphatic carbocycles. The minimum atomic E-state index is -1.06. The molecule has 170 valence electrons. The fourth-order valence-electron chi connectivity index (χ4n) is 5.54. The van der Waals surface area contributed by atoms with Crippen LogP contribution in [-0.2, 0) is 9.59 Å². The highest BCUT2D eigenvalue weighted by molar-refractivity contribution is 5.89. The summed E-state index contributed by atoms with van der Waals surface area (Å²) in [5, 5.41) is 14.8. The van der Waals surface area contributed by atoms with Crippen LogP contribution in [0.5, 0.6) is 0 Å². The van der Waals surface area contributed by atoms with Gasteiger partial charge < -0.3 is 26.4 Å². The molecule has 3 fully saturated rings. The van der Waals surface area contributed by atoms with Crippen LogP contribution in [0, 0.1) is 5.92 Å². The molecule has 0 radical (unpaired) electrons. The number of rotatable bonds is 10. The van der Waals surface area contributed by atoms with E-state index >= 15 is 0 Å². The number of urea groups is 1. The van der Waals surface area contributed by atoms with Crippen molar-refractivity contribution in [1.29, 1.82) is 0 Å². The van der Waals surface area contributed by atoms with Crippen LogP contribution in [-0.4, -0.2) is 58.6 Å². The van der Waals surface area contributed by atoms with Gasteiger partial charge in [-0.3, -0.25) is 4.79 Å². The number of carboxylic acid groups (broad SMARTS) is 1. The summed E-state index contributed by atoms with van der Waals surface area (Å²) < 4.78 is 0. The number of hydrogen-bond acceptors (Lipinski definition) is 4. The van der Waals surface area contributed by atoms with Crippen LogP contribution >= 0.6 is 0 Å². The molecule has 0 aromatic carbocycles. The lowest BCUT2D eigenvalue weighted by molar-refractivity contribution is -0.139. The number of hydrogen-bond donors (Lipinski definition) is 4. The van der Waals surface area contributed by atoms with E-state index in [0.29, 0.717) is 50.2 Å². The Labute approximate surface area is 179 Å². The smallest absolute Gasteiger partial charge is 0.326 e. The number of nitrogens with one attached hydrogen (secondary N) is 2. The number of aliphatic carboxylic acids is 1. The van der Waals surface area contributed by atoms with Crippen molar-refractivity contribution in [3.8, 4) is 0 Å². The van der Waals surface area contributed by atoms with E-state index in [9.17, 15) is 19.5 Å². The lowest BCUT2D eigenvalue weighted by Gasteiger charge is -2.31. The van der Waals surface area contributed by atoms with Gasteiger partial charge in [-0.25, -0.2) is 9.59 Å². The molecule has 2 heterocycles. The summed E-state index contributed by atoms with van der Waals surface area (Å²) in [6.45, 7) is 0.495. The minimum absolute atomic E-state index is 0.0238. The number of unbranched alkanes of at least 4 members (excludes halogenated alkanes) is 1. The highest BCUT2D eigenvalue weighted by Gasteiger charge is 2.44. The lowest BCUT2D eigenvalue weighted by Crippen LogP contribution is -2.55. The first-order valence-electron chi connectivity index (χ1n) is 11.8. The summed E-state index contributed by atoms with van der Waals surface area (Å²) in [7, 11) is 0. The van der Waals surface area contributed by atoms with Gasteiger partial charge in [0.15, 0.2) is 0 Å². The maximum Gasteiger partial charge on any atom is 0.326 e. The van der Waals surface area contributed by atoms with Crippen molar-refractivity contribution in [2.75, 3.05) is 6.54 Å². The molecule has 2 bridgehead atoms. The maximum atomic E-state index is 13.4. The largest absolute Gasteiger partial charge is 0.480 e. The van der Waals surface area contributed by atoms with Crippen LogP contribution in [0.15, 0.2) is 0 Å². The highest BCUT2D eigenvalue weighted by atomic mass is 16.4. The Hall–Kier alpha value is -1.83. The van der Waals surface area contributed by atoms with Crippen molar-refractivity contribution in [2.45, 2.75) is 108 Å². The number of nitrogens with two attached hydrogens (primary N) is 1. The summed E-state index contributed by atoms with van der Waals surface area (Å²) in [4.78, 5) is 39.6. The number of amides is 3. The number of carboxylic acids is 1. The zero-order chi connectivity index (χ0) is 21.5. The van der Waals surface area contributed by atoms with E-state index in [2.05, 4.69) is 10.6 Å². The third-order valence-corrected chi connectivity index (χ3v) is 7.16. The van der Waals surface area contributed by atoms with Crippen molar-refractivity contribution in [1.82, 2.24) is 15.5 Å². The van der Waals surface area contributed by atoms with Crippen LogP contribution < -0.4 is 16.4 Å². The molecule has 5 N–H and O–H groups in total. The molecule has 30 heavy (non-hydrogen) atoms. The van der Waals surface area contributed by atoms with Gasteiger partial charge in [0.2, 0.25) is 5.91 Å². The van der Waals surface area contributed by atoms with Crippen molar-refractivity contribution >= 4 is 17.9 Å². The maximum absolute atomic E-state index is 13.4. The van der Waals surface area contributed by atoms with Crippen molar-refractivity contribution in [3.05, 3.63) is 0 Å². The van der Waals surface area contributed by atoms with Crippen LogP contribution in [0.25, 0.3) is 0 Å². The zero-order valence-electron chi connectivity index (χ0n) is 18.0. The normalized spacial score (nSPS) is 25.7. The fraction of sp³-hybridized carbons (Fsp3) is 0.864. The third-order valence-electron chi connectivity index (χ3n) is 7.16. The van der Waals surface area contributed by atoms with Crippen LogP contribution in [0.1, 0.15) is 83.5 Å². The molecule has 8 nitrogen and oxygen atoms in total. The topological polar surface area (TPSA) is 125 Å². The van der Waals surface area contributed by atoms with Gasteiger partial charge in [-0.05, 0) is 63.8 Å². The molecule has 8 heteroatoms. The molecular weight excluding hydrogens is 384 g/mol. The molecule has 0 aromatic heterocycles. The van der Waals surface area contributed by atoms with Crippen molar-refractivity contribution in [3.63, 3.8) is 0 Å².